The Morgan fingerprint density at radius 3 is 2.38 bits per heavy atom. The summed E-state index contributed by atoms with van der Waals surface area (Å²) >= 11 is 12.3. The molecule has 0 aliphatic heterocycles. The number of carbonyl (C=O) groups is 2. The summed E-state index contributed by atoms with van der Waals surface area (Å²) < 4.78 is 5.76. The van der Waals surface area contributed by atoms with Crippen LogP contribution in [0.15, 0.2) is 77.9 Å². The molecule has 32 heavy (non-hydrogen) atoms. The minimum Gasteiger partial charge on any atom is -0.489 e. The molecule has 3 aromatic carbocycles. The summed E-state index contributed by atoms with van der Waals surface area (Å²) in [6.07, 6.45) is 1.42. The summed E-state index contributed by atoms with van der Waals surface area (Å²) in [6.45, 7) is 2.00. The van der Waals surface area contributed by atoms with Gasteiger partial charge in [-0.2, -0.15) is 5.10 Å². The average molecular weight is 470 g/mol. The van der Waals surface area contributed by atoms with Crippen molar-refractivity contribution in [2.75, 3.05) is 0 Å². The zero-order chi connectivity index (χ0) is 22.9. The van der Waals surface area contributed by atoms with Crippen LogP contribution in [0.25, 0.3) is 0 Å². The molecular formula is C24H21Cl2N3O3. The molecule has 164 valence electrons. The Kier molecular flexibility index (Phi) is 8.25. The number of amides is 2. The zero-order valence-electron chi connectivity index (χ0n) is 17.2. The quantitative estimate of drug-likeness (QED) is 0.293. The van der Waals surface area contributed by atoms with Crippen molar-refractivity contribution >= 4 is 41.2 Å². The van der Waals surface area contributed by atoms with Gasteiger partial charge < -0.3 is 10.1 Å². The first-order chi connectivity index (χ1) is 15.4. The van der Waals surface area contributed by atoms with Crippen molar-refractivity contribution in [3.8, 4) is 5.75 Å². The van der Waals surface area contributed by atoms with Crippen LogP contribution in [0.4, 0.5) is 0 Å². The molecule has 0 aliphatic carbocycles. The third kappa shape index (κ3) is 6.57. The SMILES string of the molecule is C[C@H](NC(=O)C(=O)N/N=C\c1cccc(OCc2c(Cl)cccc2Cl)c1)c1ccccc1. The summed E-state index contributed by atoms with van der Waals surface area (Å²) in [5.74, 6) is -1.05. The van der Waals surface area contributed by atoms with Gasteiger partial charge in [0.15, 0.2) is 0 Å². The number of hydrogen-bond donors (Lipinski definition) is 2. The molecule has 3 rings (SSSR count). The zero-order valence-corrected chi connectivity index (χ0v) is 18.7. The van der Waals surface area contributed by atoms with Crippen LogP contribution in [0.2, 0.25) is 10.0 Å². The number of benzene rings is 3. The third-order valence-electron chi connectivity index (χ3n) is 4.54. The lowest BCUT2D eigenvalue weighted by Crippen LogP contribution is -2.39. The summed E-state index contributed by atoms with van der Waals surface area (Å²) in [6, 6.07) is 21.4. The van der Waals surface area contributed by atoms with Gasteiger partial charge in [0.1, 0.15) is 12.4 Å². The number of nitrogens with zero attached hydrogens (tertiary/aromatic N) is 1. The highest BCUT2D eigenvalue weighted by Gasteiger charge is 2.16. The fraction of sp³-hybridized carbons (Fsp3) is 0.125. The van der Waals surface area contributed by atoms with Gasteiger partial charge in [-0.05, 0) is 42.3 Å². The predicted molar refractivity (Wildman–Crippen MR) is 126 cm³/mol. The van der Waals surface area contributed by atoms with Gasteiger partial charge in [-0.1, -0.05) is 71.7 Å². The van der Waals surface area contributed by atoms with Crippen LogP contribution in [0.3, 0.4) is 0 Å². The highest BCUT2D eigenvalue weighted by Crippen LogP contribution is 2.26. The molecule has 0 spiro atoms. The monoisotopic (exact) mass is 469 g/mol. The highest BCUT2D eigenvalue weighted by atomic mass is 35.5. The van der Waals surface area contributed by atoms with Gasteiger partial charge in [-0.15, -0.1) is 0 Å². The summed E-state index contributed by atoms with van der Waals surface area (Å²) in [5, 5.41) is 7.53. The Hall–Kier alpha value is -3.35. The largest absolute Gasteiger partial charge is 0.489 e. The molecule has 0 fully saturated rings. The fourth-order valence-electron chi connectivity index (χ4n) is 2.81. The highest BCUT2D eigenvalue weighted by molar-refractivity contribution is 6.36. The summed E-state index contributed by atoms with van der Waals surface area (Å²) in [7, 11) is 0. The van der Waals surface area contributed by atoms with Gasteiger partial charge in [0.25, 0.3) is 0 Å². The molecule has 0 bridgehead atoms. The van der Waals surface area contributed by atoms with Crippen molar-refractivity contribution in [1.29, 1.82) is 0 Å². The maximum Gasteiger partial charge on any atom is 0.329 e. The van der Waals surface area contributed by atoms with Crippen molar-refractivity contribution in [3.63, 3.8) is 0 Å². The van der Waals surface area contributed by atoms with E-state index in [9.17, 15) is 9.59 Å². The lowest BCUT2D eigenvalue weighted by molar-refractivity contribution is -0.139. The number of nitrogens with one attached hydrogen (secondary N) is 2. The smallest absolute Gasteiger partial charge is 0.329 e. The second kappa shape index (κ2) is 11.3. The number of halogens is 2. The molecule has 3 aromatic rings. The third-order valence-corrected chi connectivity index (χ3v) is 5.24. The molecule has 6 nitrogen and oxygen atoms in total. The van der Waals surface area contributed by atoms with Crippen LogP contribution in [0.5, 0.6) is 5.75 Å². The first kappa shape index (κ1) is 23.3. The van der Waals surface area contributed by atoms with Crippen molar-refractivity contribution in [1.82, 2.24) is 10.7 Å². The summed E-state index contributed by atoms with van der Waals surface area (Å²) in [4.78, 5) is 24.1. The number of rotatable bonds is 7. The van der Waals surface area contributed by atoms with Crippen LogP contribution < -0.4 is 15.5 Å². The molecule has 0 aliphatic rings. The first-order valence-corrected chi connectivity index (χ1v) is 10.5. The van der Waals surface area contributed by atoms with E-state index in [0.717, 1.165) is 5.56 Å². The van der Waals surface area contributed by atoms with E-state index in [1.54, 1.807) is 49.4 Å². The minimum absolute atomic E-state index is 0.204. The first-order valence-electron chi connectivity index (χ1n) is 9.78. The molecule has 0 aromatic heterocycles. The Labute approximate surface area is 196 Å². The molecular weight excluding hydrogens is 449 g/mol. The second-order valence-corrected chi connectivity index (χ2v) is 7.68. The summed E-state index contributed by atoms with van der Waals surface area (Å²) in [5.41, 5.74) is 4.48. The van der Waals surface area contributed by atoms with Crippen molar-refractivity contribution in [3.05, 3.63) is 99.5 Å². The van der Waals surface area contributed by atoms with Crippen LogP contribution in [0.1, 0.15) is 29.7 Å². The minimum atomic E-state index is -0.857. The molecule has 0 unspecified atom stereocenters. The van der Waals surface area contributed by atoms with E-state index in [1.807, 2.05) is 30.3 Å². The van der Waals surface area contributed by atoms with Gasteiger partial charge in [0, 0.05) is 15.6 Å². The van der Waals surface area contributed by atoms with Crippen molar-refractivity contribution < 1.29 is 14.3 Å². The standard InChI is InChI=1S/C24H21Cl2N3O3/c1-16(18-8-3-2-4-9-18)28-23(30)24(31)29-27-14-17-7-5-10-19(13-17)32-15-20-21(25)11-6-12-22(20)26/h2-14,16H,15H2,1H3,(H,28,30)(H,29,31)/b27-14-/t16-/m0/s1. The predicted octanol–water partition coefficient (Wildman–Crippen LogP) is 4.90. The maximum atomic E-state index is 12.1. The molecule has 0 heterocycles. The van der Waals surface area contributed by atoms with Gasteiger partial charge in [-0.25, -0.2) is 5.43 Å². The molecule has 0 radical (unpaired) electrons. The van der Waals surface area contributed by atoms with E-state index in [0.29, 0.717) is 26.9 Å². The number of carbonyl (C=O) groups excluding carboxylic acids is 2. The van der Waals surface area contributed by atoms with E-state index in [2.05, 4.69) is 15.8 Å². The average Bonchev–Trinajstić information content (AvgIpc) is 2.79. The van der Waals surface area contributed by atoms with Crippen LogP contribution in [-0.2, 0) is 16.2 Å². The lowest BCUT2D eigenvalue weighted by Gasteiger charge is -2.13. The van der Waals surface area contributed by atoms with E-state index < -0.39 is 11.8 Å². The van der Waals surface area contributed by atoms with E-state index >= 15 is 0 Å². The van der Waals surface area contributed by atoms with Gasteiger partial charge in [0.05, 0.1) is 12.3 Å². The van der Waals surface area contributed by atoms with Crippen LogP contribution >= 0.6 is 23.2 Å². The molecule has 2 amide bonds. The van der Waals surface area contributed by atoms with Gasteiger partial charge in [0.2, 0.25) is 0 Å². The fourth-order valence-corrected chi connectivity index (χ4v) is 3.32. The Morgan fingerprint density at radius 1 is 0.969 bits per heavy atom. The maximum absolute atomic E-state index is 12.1. The normalized spacial score (nSPS) is 11.7. The van der Waals surface area contributed by atoms with E-state index in [1.165, 1.54) is 6.21 Å². The van der Waals surface area contributed by atoms with Crippen molar-refractivity contribution in [2.24, 2.45) is 5.10 Å². The Balaban J connectivity index is 1.53. The van der Waals surface area contributed by atoms with Gasteiger partial charge >= 0.3 is 11.8 Å². The van der Waals surface area contributed by atoms with Crippen LogP contribution in [0, 0.1) is 0 Å². The number of ether oxygens (including phenoxy) is 1. The molecule has 8 heteroatoms. The molecule has 0 saturated carbocycles. The second-order valence-electron chi connectivity index (χ2n) is 6.87. The van der Waals surface area contributed by atoms with Crippen molar-refractivity contribution in [2.45, 2.75) is 19.6 Å². The lowest BCUT2D eigenvalue weighted by atomic mass is 10.1. The van der Waals surface area contributed by atoms with E-state index in [-0.39, 0.29) is 12.6 Å². The van der Waals surface area contributed by atoms with E-state index in [4.69, 9.17) is 27.9 Å². The number of hydrazone groups is 1. The van der Waals surface area contributed by atoms with Gasteiger partial charge in [-0.3, -0.25) is 9.59 Å². The van der Waals surface area contributed by atoms with Crippen LogP contribution in [-0.4, -0.2) is 18.0 Å². The Bertz CT molecular complexity index is 1100. The number of hydrogen-bond acceptors (Lipinski definition) is 4. The molecule has 2 N–H and O–H groups in total. The molecule has 0 saturated heterocycles. The Morgan fingerprint density at radius 2 is 1.66 bits per heavy atom. The topological polar surface area (TPSA) is 79.8 Å². The molecule has 1 atom stereocenters.